The number of benzene rings is 2. The number of carbonyl (C=O) groups is 3. The van der Waals surface area contributed by atoms with E-state index in [-0.39, 0.29) is 17.0 Å². The standard InChI is InChI=1S/C23H23N3O6/c1-30-17-7-8-20(31-2)19(14-17)26-22(28)18(21(27)24-23(26)29)13-15-3-5-16(6-4-15)25-9-11-32-12-10-25/h3-8,13-14H,9-12H2,1-2H3,(H,24,27,29). The molecule has 2 heterocycles. The average Bonchev–Trinajstić information content (AvgIpc) is 2.82. The van der Waals surface area contributed by atoms with Crippen molar-refractivity contribution in [2.75, 3.05) is 50.3 Å². The fourth-order valence-electron chi connectivity index (χ4n) is 3.62. The molecule has 0 aromatic heterocycles. The third-order valence-electron chi connectivity index (χ3n) is 5.31. The number of carbonyl (C=O) groups excluding carboxylic acids is 3. The van der Waals surface area contributed by atoms with E-state index < -0.39 is 17.8 Å². The summed E-state index contributed by atoms with van der Waals surface area (Å²) in [5.41, 5.74) is 1.71. The van der Waals surface area contributed by atoms with Crippen molar-refractivity contribution >= 4 is 35.3 Å². The molecule has 0 aliphatic carbocycles. The number of barbiturate groups is 1. The summed E-state index contributed by atoms with van der Waals surface area (Å²) in [5, 5.41) is 2.22. The first-order valence-corrected chi connectivity index (χ1v) is 10.1. The lowest BCUT2D eigenvalue weighted by Crippen LogP contribution is -2.54. The highest BCUT2D eigenvalue weighted by Crippen LogP contribution is 2.34. The van der Waals surface area contributed by atoms with Crippen LogP contribution in [0.3, 0.4) is 0 Å². The average molecular weight is 437 g/mol. The number of morpholine rings is 1. The first-order valence-electron chi connectivity index (χ1n) is 10.1. The Morgan fingerprint density at radius 3 is 2.34 bits per heavy atom. The number of ether oxygens (including phenoxy) is 3. The van der Waals surface area contributed by atoms with E-state index in [1.165, 1.54) is 26.4 Å². The van der Waals surface area contributed by atoms with Gasteiger partial charge in [-0.25, -0.2) is 9.69 Å². The van der Waals surface area contributed by atoms with Gasteiger partial charge in [-0.2, -0.15) is 0 Å². The monoisotopic (exact) mass is 437 g/mol. The van der Waals surface area contributed by atoms with Crippen LogP contribution in [0.15, 0.2) is 48.0 Å². The van der Waals surface area contributed by atoms with Crippen LogP contribution in [0.2, 0.25) is 0 Å². The molecule has 4 rings (SSSR count). The van der Waals surface area contributed by atoms with Crippen molar-refractivity contribution in [2.24, 2.45) is 0 Å². The number of rotatable bonds is 5. The van der Waals surface area contributed by atoms with Gasteiger partial charge in [0.2, 0.25) is 0 Å². The Hall–Kier alpha value is -3.85. The van der Waals surface area contributed by atoms with Crippen LogP contribution in [0, 0.1) is 0 Å². The molecule has 0 radical (unpaired) electrons. The third-order valence-corrected chi connectivity index (χ3v) is 5.31. The molecular formula is C23H23N3O6. The molecule has 2 saturated heterocycles. The number of nitrogens with one attached hydrogen (secondary N) is 1. The van der Waals surface area contributed by atoms with Gasteiger partial charge in [-0.1, -0.05) is 12.1 Å². The van der Waals surface area contributed by atoms with Gasteiger partial charge in [-0.05, 0) is 35.9 Å². The molecule has 0 bridgehead atoms. The number of nitrogens with zero attached hydrogens (tertiary/aromatic N) is 2. The molecule has 2 aromatic rings. The summed E-state index contributed by atoms with van der Waals surface area (Å²) in [5.74, 6) is -0.779. The van der Waals surface area contributed by atoms with Gasteiger partial charge in [0.25, 0.3) is 11.8 Å². The number of urea groups is 1. The summed E-state index contributed by atoms with van der Waals surface area (Å²) in [6, 6.07) is 11.4. The normalized spacial score (nSPS) is 18.1. The van der Waals surface area contributed by atoms with Gasteiger partial charge >= 0.3 is 6.03 Å². The number of hydrogen-bond acceptors (Lipinski definition) is 7. The molecule has 4 amide bonds. The van der Waals surface area contributed by atoms with E-state index in [9.17, 15) is 14.4 Å². The molecule has 166 valence electrons. The molecular weight excluding hydrogens is 414 g/mol. The van der Waals surface area contributed by atoms with Crippen molar-refractivity contribution in [3.63, 3.8) is 0 Å². The maximum atomic E-state index is 13.2. The van der Waals surface area contributed by atoms with Crippen LogP contribution in [-0.2, 0) is 14.3 Å². The maximum absolute atomic E-state index is 13.2. The predicted molar refractivity (Wildman–Crippen MR) is 118 cm³/mol. The van der Waals surface area contributed by atoms with E-state index in [1.54, 1.807) is 12.1 Å². The number of amides is 4. The third kappa shape index (κ3) is 4.15. The predicted octanol–water partition coefficient (Wildman–Crippen LogP) is 2.21. The SMILES string of the molecule is COc1ccc(OC)c(N2C(=O)NC(=O)C(=Cc3ccc(N4CCOCC4)cc3)C2=O)c1. The first-order chi connectivity index (χ1) is 15.5. The smallest absolute Gasteiger partial charge is 0.336 e. The van der Waals surface area contributed by atoms with Crippen LogP contribution < -0.4 is 24.6 Å². The Morgan fingerprint density at radius 2 is 1.69 bits per heavy atom. The molecule has 0 atom stereocenters. The topological polar surface area (TPSA) is 97.4 Å². The van der Waals surface area contributed by atoms with Crippen molar-refractivity contribution in [3.05, 3.63) is 53.6 Å². The Labute approximate surface area is 185 Å². The van der Waals surface area contributed by atoms with Gasteiger partial charge in [0.1, 0.15) is 17.1 Å². The van der Waals surface area contributed by atoms with Crippen LogP contribution in [0.25, 0.3) is 6.08 Å². The quantitative estimate of drug-likeness (QED) is 0.566. The fraction of sp³-hybridized carbons (Fsp3) is 0.261. The Balaban J connectivity index is 1.65. The molecule has 0 unspecified atom stereocenters. The highest BCUT2D eigenvalue weighted by molar-refractivity contribution is 6.39. The molecule has 9 heteroatoms. The van der Waals surface area contributed by atoms with E-state index in [1.807, 2.05) is 24.3 Å². The van der Waals surface area contributed by atoms with Gasteiger partial charge < -0.3 is 19.1 Å². The van der Waals surface area contributed by atoms with Crippen molar-refractivity contribution in [1.29, 1.82) is 0 Å². The summed E-state index contributed by atoms with van der Waals surface area (Å²) in [7, 11) is 2.90. The maximum Gasteiger partial charge on any atom is 0.336 e. The molecule has 0 spiro atoms. The lowest BCUT2D eigenvalue weighted by atomic mass is 10.1. The van der Waals surface area contributed by atoms with E-state index in [4.69, 9.17) is 14.2 Å². The summed E-state index contributed by atoms with van der Waals surface area (Å²) < 4.78 is 15.9. The van der Waals surface area contributed by atoms with E-state index in [0.29, 0.717) is 24.5 Å². The first kappa shape index (κ1) is 21.4. The van der Waals surface area contributed by atoms with Crippen LogP contribution in [0.1, 0.15) is 5.56 Å². The van der Waals surface area contributed by atoms with E-state index in [2.05, 4.69) is 10.2 Å². The zero-order valence-corrected chi connectivity index (χ0v) is 17.8. The number of anilines is 2. The second kappa shape index (κ2) is 9.11. The summed E-state index contributed by atoms with van der Waals surface area (Å²) in [4.78, 5) is 41.3. The number of imide groups is 2. The minimum absolute atomic E-state index is 0.159. The van der Waals surface area contributed by atoms with Crippen LogP contribution in [0.4, 0.5) is 16.2 Å². The largest absolute Gasteiger partial charge is 0.497 e. The van der Waals surface area contributed by atoms with Crippen LogP contribution >= 0.6 is 0 Å². The molecule has 2 aliphatic heterocycles. The number of methoxy groups -OCH3 is 2. The Bertz CT molecular complexity index is 1070. The molecule has 0 saturated carbocycles. The van der Waals surface area contributed by atoms with E-state index >= 15 is 0 Å². The molecule has 2 fully saturated rings. The van der Waals surface area contributed by atoms with Gasteiger partial charge in [-0.15, -0.1) is 0 Å². The molecule has 9 nitrogen and oxygen atoms in total. The lowest BCUT2D eigenvalue weighted by Gasteiger charge is -2.29. The fourth-order valence-corrected chi connectivity index (χ4v) is 3.62. The summed E-state index contributed by atoms with van der Waals surface area (Å²) in [6.45, 7) is 2.97. The lowest BCUT2D eigenvalue weighted by molar-refractivity contribution is -0.122. The van der Waals surface area contributed by atoms with Gasteiger partial charge in [0.15, 0.2) is 0 Å². The second-order valence-corrected chi connectivity index (χ2v) is 7.19. The zero-order valence-electron chi connectivity index (χ0n) is 17.8. The van der Waals surface area contributed by atoms with Gasteiger partial charge in [0.05, 0.1) is 33.1 Å². The van der Waals surface area contributed by atoms with Crippen molar-refractivity contribution < 1.29 is 28.6 Å². The second-order valence-electron chi connectivity index (χ2n) is 7.19. The Morgan fingerprint density at radius 1 is 0.969 bits per heavy atom. The Kier molecular flexibility index (Phi) is 6.09. The van der Waals surface area contributed by atoms with Crippen molar-refractivity contribution in [2.45, 2.75) is 0 Å². The van der Waals surface area contributed by atoms with Crippen molar-refractivity contribution in [1.82, 2.24) is 5.32 Å². The van der Waals surface area contributed by atoms with Gasteiger partial charge in [-0.3, -0.25) is 14.9 Å². The zero-order chi connectivity index (χ0) is 22.7. The summed E-state index contributed by atoms with van der Waals surface area (Å²) in [6.07, 6.45) is 1.47. The minimum atomic E-state index is -0.855. The van der Waals surface area contributed by atoms with Crippen LogP contribution in [-0.4, -0.2) is 58.4 Å². The van der Waals surface area contributed by atoms with Crippen molar-refractivity contribution in [3.8, 4) is 11.5 Å². The molecule has 2 aliphatic rings. The molecule has 32 heavy (non-hydrogen) atoms. The highest BCUT2D eigenvalue weighted by atomic mass is 16.5. The number of hydrogen-bond donors (Lipinski definition) is 1. The van der Waals surface area contributed by atoms with Gasteiger partial charge in [0, 0.05) is 24.8 Å². The van der Waals surface area contributed by atoms with Crippen LogP contribution in [0.5, 0.6) is 11.5 Å². The molecule has 2 aromatic carbocycles. The van der Waals surface area contributed by atoms with E-state index in [0.717, 1.165) is 23.7 Å². The highest BCUT2D eigenvalue weighted by Gasteiger charge is 2.38. The summed E-state index contributed by atoms with van der Waals surface area (Å²) >= 11 is 0. The molecule has 1 N–H and O–H groups in total. The minimum Gasteiger partial charge on any atom is -0.497 e.